The van der Waals surface area contributed by atoms with Crippen molar-refractivity contribution in [2.24, 2.45) is 0 Å². The molecule has 1 N–H and O–H groups in total. The van der Waals surface area contributed by atoms with Crippen LogP contribution >= 0.6 is 0 Å². The van der Waals surface area contributed by atoms with Crippen molar-refractivity contribution >= 4 is 17.9 Å². The van der Waals surface area contributed by atoms with Crippen molar-refractivity contribution in [2.75, 3.05) is 39.6 Å². The van der Waals surface area contributed by atoms with Crippen molar-refractivity contribution in [1.29, 1.82) is 0 Å². The van der Waals surface area contributed by atoms with Crippen LogP contribution in [0, 0.1) is 0 Å². The summed E-state index contributed by atoms with van der Waals surface area (Å²) in [5.41, 5.74) is -1.65. The van der Waals surface area contributed by atoms with Gasteiger partial charge in [0.2, 0.25) is 6.10 Å². The van der Waals surface area contributed by atoms with E-state index in [4.69, 9.17) is 23.7 Å². The second-order valence-corrected chi connectivity index (χ2v) is 7.47. The molecule has 0 aliphatic rings. The Balaban J connectivity index is 2.49. The zero-order valence-corrected chi connectivity index (χ0v) is 20.5. The van der Waals surface area contributed by atoms with Crippen molar-refractivity contribution in [3.63, 3.8) is 0 Å². The first-order valence-corrected chi connectivity index (χ1v) is 11.9. The molecule has 1 atom stereocenters. The number of benzene rings is 1. The number of carbonyl (C=O) groups excluding carboxylic acids is 3. The summed E-state index contributed by atoms with van der Waals surface area (Å²) in [7, 11) is 0. The van der Waals surface area contributed by atoms with Gasteiger partial charge in [0, 0.05) is 13.2 Å². The summed E-state index contributed by atoms with van der Waals surface area (Å²) >= 11 is 0. The first-order chi connectivity index (χ1) is 16.4. The number of esters is 3. The fraction of sp³-hybridized carbons (Fsp3) is 0.640. The third kappa shape index (κ3) is 9.79. The summed E-state index contributed by atoms with van der Waals surface area (Å²) < 4.78 is 25.5. The van der Waals surface area contributed by atoms with Crippen LogP contribution in [0.4, 0.5) is 0 Å². The molecule has 0 amide bonds. The first kappa shape index (κ1) is 29.5. The summed E-state index contributed by atoms with van der Waals surface area (Å²) in [4.78, 5) is 37.2. The van der Waals surface area contributed by atoms with Gasteiger partial charge in [-0.3, -0.25) is 0 Å². The smallest absolute Gasteiger partial charge is 0.353 e. The van der Waals surface area contributed by atoms with Crippen molar-refractivity contribution in [1.82, 2.24) is 0 Å². The Labute approximate surface area is 201 Å². The maximum absolute atomic E-state index is 12.4. The van der Waals surface area contributed by atoms with Gasteiger partial charge >= 0.3 is 17.9 Å². The fourth-order valence-corrected chi connectivity index (χ4v) is 3.18. The van der Waals surface area contributed by atoms with E-state index in [1.807, 2.05) is 18.2 Å². The summed E-state index contributed by atoms with van der Waals surface area (Å²) in [5.74, 6) is -3.73. The molecular formula is C25H38O9. The molecule has 0 heterocycles. The van der Waals surface area contributed by atoms with Gasteiger partial charge in [-0.2, -0.15) is 0 Å². The second-order valence-electron chi connectivity index (χ2n) is 7.47. The highest BCUT2D eigenvalue weighted by molar-refractivity contribution is 6.08. The second kappa shape index (κ2) is 17.0. The summed E-state index contributed by atoms with van der Waals surface area (Å²) in [6.07, 6.45) is 2.53. The molecule has 0 saturated heterocycles. The van der Waals surface area contributed by atoms with Gasteiger partial charge < -0.3 is 28.8 Å². The summed E-state index contributed by atoms with van der Waals surface area (Å²) in [6.45, 7) is 5.18. The average molecular weight is 483 g/mol. The molecule has 1 rings (SSSR count). The van der Waals surface area contributed by atoms with Crippen LogP contribution in [0.3, 0.4) is 0 Å². The van der Waals surface area contributed by atoms with E-state index in [1.165, 1.54) is 19.4 Å². The van der Waals surface area contributed by atoms with Gasteiger partial charge in [-0.25, -0.2) is 14.4 Å². The Kier molecular flexibility index (Phi) is 14.8. The number of hydrogen-bond acceptors (Lipinski definition) is 9. The average Bonchev–Trinajstić information content (AvgIpc) is 2.83. The zero-order valence-electron chi connectivity index (χ0n) is 20.5. The van der Waals surface area contributed by atoms with Gasteiger partial charge in [-0.05, 0) is 52.0 Å². The number of ether oxygens (including phenoxy) is 5. The molecule has 1 aromatic carbocycles. The predicted molar refractivity (Wildman–Crippen MR) is 124 cm³/mol. The van der Waals surface area contributed by atoms with E-state index in [9.17, 15) is 19.5 Å². The van der Waals surface area contributed by atoms with Crippen LogP contribution < -0.4 is 0 Å². The predicted octanol–water partition coefficient (Wildman–Crippen LogP) is 2.61. The maximum Gasteiger partial charge on any atom is 0.353 e. The summed E-state index contributed by atoms with van der Waals surface area (Å²) in [6, 6.07) is 10.3. The van der Waals surface area contributed by atoms with Crippen molar-refractivity contribution in [2.45, 2.75) is 64.6 Å². The van der Waals surface area contributed by atoms with E-state index >= 15 is 0 Å². The van der Waals surface area contributed by atoms with E-state index < -0.39 is 29.6 Å². The van der Waals surface area contributed by atoms with E-state index in [2.05, 4.69) is 12.1 Å². The van der Waals surface area contributed by atoms with E-state index in [0.29, 0.717) is 19.6 Å². The molecule has 9 nitrogen and oxygen atoms in total. The number of aryl methyl sites for hydroxylation is 1. The maximum atomic E-state index is 12.4. The monoisotopic (exact) mass is 482 g/mol. The van der Waals surface area contributed by atoms with Crippen LogP contribution in [0.5, 0.6) is 0 Å². The molecule has 192 valence electrons. The molecule has 1 aromatic rings. The molecule has 0 spiro atoms. The topological polar surface area (TPSA) is 118 Å². The van der Waals surface area contributed by atoms with Crippen molar-refractivity contribution < 1.29 is 43.2 Å². The van der Waals surface area contributed by atoms with Gasteiger partial charge in [0.25, 0.3) is 5.60 Å². The Bertz CT molecular complexity index is 702. The van der Waals surface area contributed by atoms with Gasteiger partial charge in [-0.1, -0.05) is 36.8 Å². The van der Waals surface area contributed by atoms with Gasteiger partial charge in [0.15, 0.2) is 0 Å². The van der Waals surface area contributed by atoms with Crippen LogP contribution in [-0.2, 0) is 44.5 Å². The quantitative estimate of drug-likeness (QED) is 0.146. The standard InChI is InChI=1S/C25H38O9/c1-4-31-22(26)21(25(29,23(27)32-5-2)24(28)33-6-3)34-19-13-18-30-17-12-8-11-16-20-14-9-7-10-15-20/h7,9-10,14-15,21,29H,4-6,8,11-13,16-19H2,1-3H3. The largest absolute Gasteiger partial charge is 0.464 e. The molecule has 0 aliphatic heterocycles. The lowest BCUT2D eigenvalue weighted by Crippen LogP contribution is -2.61. The Morgan fingerprint density at radius 3 is 1.97 bits per heavy atom. The normalized spacial score (nSPS) is 12.1. The van der Waals surface area contributed by atoms with Gasteiger partial charge in [0.05, 0.1) is 26.4 Å². The highest BCUT2D eigenvalue weighted by atomic mass is 16.6. The van der Waals surface area contributed by atoms with Crippen molar-refractivity contribution in [3.8, 4) is 0 Å². The van der Waals surface area contributed by atoms with Crippen LogP contribution in [-0.4, -0.2) is 74.4 Å². The lowest BCUT2D eigenvalue weighted by Gasteiger charge is -2.30. The van der Waals surface area contributed by atoms with Crippen LogP contribution in [0.15, 0.2) is 30.3 Å². The number of rotatable bonds is 18. The molecule has 1 unspecified atom stereocenters. The van der Waals surface area contributed by atoms with Crippen LogP contribution in [0.25, 0.3) is 0 Å². The third-order valence-electron chi connectivity index (χ3n) is 4.87. The minimum absolute atomic E-state index is 0.0339. The van der Waals surface area contributed by atoms with E-state index in [1.54, 1.807) is 6.92 Å². The van der Waals surface area contributed by atoms with E-state index in [0.717, 1.165) is 25.7 Å². The Hall–Kier alpha value is -2.49. The molecule has 0 radical (unpaired) electrons. The SMILES string of the molecule is CCOC(=O)C(OCCCOCCCCCc1ccccc1)C(O)(C(=O)OCC)C(=O)OCC. The lowest BCUT2D eigenvalue weighted by molar-refractivity contribution is -0.208. The lowest BCUT2D eigenvalue weighted by atomic mass is 9.96. The molecule has 9 heteroatoms. The molecular weight excluding hydrogens is 444 g/mol. The minimum atomic E-state index is -2.97. The molecule has 0 aliphatic carbocycles. The molecule has 0 aromatic heterocycles. The number of hydrogen-bond donors (Lipinski definition) is 1. The van der Waals surface area contributed by atoms with Crippen LogP contribution in [0.1, 0.15) is 52.0 Å². The summed E-state index contributed by atoms with van der Waals surface area (Å²) in [5, 5.41) is 10.9. The number of unbranched alkanes of at least 4 members (excludes halogenated alkanes) is 2. The molecule has 0 saturated carbocycles. The van der Waals surface area contributed by atoms with Gasteiger partial charge in [0.1, 0.15) is 0 Å². The number of carbonyl (C=O) groups is 3. The number of aliphatic hydroxyl groups is 1. The van der Waals surface area contributed by atoms with E-state index in [-0.39, 0.29) is 26.4 Å². The molecule has 34 heavy (non-hydrogen) atoms. The first-order valence-electron chi connectivity index (χ1n) is 11.9. The zero-order chi connectivity index (χ0) is 25.2. The van der Waals surface area contributed by atoms with Crippen molar-refractivity contribution in [3.05, 3.63) is 35.9 Å². The fourth-order valence-electron chi connectivity index (χ4n) is 3.18. The van der Waals surface area contributed by atoms with Crippen LogP contribution in [0.2, 0.25) is 0 Å². The minimum Gasteiger partial charge on any atom is -0.464 e. The highest BCUT2D eigenvalue weighted by Gasteiger charge is 2.58. The Morgan fingerprint density at radius 2 is 1.38 bits per heavy atom. The van der Waals surface area contributed by atoms with Gasteiger partial charge in [-0.15, -0.1) is 0 Å². The highest BCUT2D eigenvalue weighted by Crippen LogP contribution is 2.21. The molecule has 0 fully saturated rings. The Morgan fingerprint density at radius 1 is 0.794 bits per heavy atom. The molecule has 0 bridgehead atoms. The third-order valence-corrected chi connectivity index (χ3v) is 4.87.